The summed E-state index contributed by atoms with van der Waals surface area (Å²) in [5, 5.41) is 4.69. The van der Waals surface area contributed by atoms with Gasteiger partial charge in [0.25, 0.3) is 0 Å². The van der Waals surface area contributed by atoms with Crippen molar-refractivity contribution in [3.63, 3.8) is 0 Å². The van der Waals surface area contributed by atoms with Crippen LogP contribution in [0.25, 0.3) is 0 Å². The quantitative estimate of drug-likeness (QED) is 0.437. The lowest BCUT2D eigenvalue weighted by Crippen LogP contribution is -2.14. The first-order chi connectivity index (χ1) is 7.74. The first-order valence-electron chi connectivity index (χ1n) is 5.93. The molecule has 92 valence electrons. The minimum Gasteiger partial charge on any atom is -0.310 e. The summed E-state index contributed by atoms with van der Waals surface area (Å²) in [5.74, 6) is 0. The molecule has 2 nitrogen and oxygen atoms in total. The zero-order chi connectivity index (χ0) is 11.8. The smallest absolute Gasteiger partial charge is 0.107 e. The van der Waals surface area contributed by atoms with Crippen LogP contribution in [0.5, 0.6) is 0 Å². The number of hydrogen-bond donors (Lipinski definition) is 1. The standard InChI is InChI=1S/C12H21IN2S/c1-10-11(2)16-12(15-10)9-14-8-6-4-3-5-7-13/h14H,3-9H2,1-2H3. The summed E-state index contributed by atoms with van der Waals surface area (Å²) in [4.78, 5) is 5.86. The fourth-order valence-electron chi connectivity index (χ4n) is 1.51. The molecule has 0 aliphatic carbocycles. The largest absolute Gasteiger partial charge is 0.310 e. The molecule has 1 rings (SSSR count). The van der Waals surface area contributed by atoms with Gasteiger partial charge in [-0.25, -0.2) is 4.98 Å². The monoisotopic (exact) mass is 352 g/mol. The highest BCUT2D eigenvalue weighted by atomic mass is 127. The van der Waals surface area contributed by atoms with E-state index >= 15 is 0 Å². The van der Waals surface area contributed by atoms with Crippen LogP contribution in [0.2, 0.25) is 0 Å². The van der Waals surface area contributed by atoms with Crippen molar-refractivity contribution in [1.82, 2.24) is 10.3 Å². The Balaban J connectivity index is 2.03. The second-order valence-electron chi connectivity index (χ2n) is 4.03. The minimum absolute atomic E-state index is 0.936. The van der Waals surface area contributed by atoms with Gasteiger partial charge in [0, 0.05) is 11.4 Å². The van der Waals surface area contributed by atoms with Crippen LogP contribution in [0.4, 0.5) is 0 Å². The van der Waals surface area contributed by atoms with Gasteiger partial charge < -0.3 is 5.32 Å². The van der Waals surface area contributed by atoms with Gasteiger partial charge in [-0.1, -0.05) is 35.4 Å². The number of hydrogen-bond acceptors (Lipinski definition) is 3. The summed E-state index contributed by atoms with van der Waals surface area (Å²) < 4.78 is 1.29. The Morgan fingerprint density at radius 3 is 2.56 bits per heavy atom. The maximum Gasteiger partial charge on any atom is 0.107 e. The van der Waals surface area contributed by atoms with Crippen LogP contribution in [-0.2, 0) is 6.54 Å². The lowest BCUT2D eigenvalue weighted by molar-refractivity contribution is 0.599. The number of aryl methyl sites for hydroxylation is 2. The first kappa shape index (κ1) is 14.4. The summed E-state index contributed by atoms with van der Waals surface area (Å²) in [6, 6.07) is 0. The topological polar surface area (TPSA) is 24.9 Å². The molecule has 1 heterocycles. The molecule has 1 aromatic rings. The molecule has 0 spiro atoms. The molecule has 0 saturated heterocycles. The number of thiazole rings is 1. The highest BCUT2D eigenvalue weighted by Gasteiger charge is 2.02. The normalized spacial score (nSPS) is 10.9. The molecular weight excluding hydrogens is 331 g/mol. The summed E-state index contributed by atoms with van der Waals surface area (Å²) in [5.41, 5.74) is 1.18. The predicted molar refractivity (Wildman–Crippen MR) is 80.6 cm³/mol. The third-order valence-electron chi connectivity index (χ3n) is 2.59. The first-order valence-corrected chi connectivity index (χ1v) is 8.28. The van der Waals surface area contributed by atoms with E-state index in [0.717, 1.165) is 13.1 Å². The molecule has 1 aromatic heterocycles. The van der Waals surface area contributed by atoms with E-state index < -0.39 is 0 Å². The number of halogens is 1. The Morgan fingerprint density at radius 1 is 1.19 bits per heavy atom. The number of nitrogens with one attached hydrogen (secondary N) is 1. The molecule has 0 aliphatic rings. The van der Waals surface area contributed by atoms with Crippen LogP contribution in [0.1, 0.15) is 41.3 Å². The second-order valence-corrected chi connectivity index (χ2v) is 6.40. The van der Waals surface area contributed by atoms with E-state index in [1.54, 1.807) is 0 Å². The van der Waals surface area contributed by atoms with E-state index in [4.69, 9.17) is 0 Å². The van der Waals surface area contributed by atoms with Crippen molar-refractivity contribution in [3.05, 3.63) is 15.6 Å². The van der Waals surface area contributed by atoms with E-state index in [1.165, 1.54) is 45.7 Å². The van der Waals surface area contributed by atoms with Crippen LogP contribution in [0.3, 0.4) is 0 Å². The van der Waals surface area contributed by atoms with Crippen molar-refractivity contribution < 1.29 is 0 Å². The molecule has 0 saturated carbocycles. The Hall–Kier alpha value is 0.320. The summed E-state index contributed by atoms with van der Waals surface area (Å²) in [6.07, 6.45) is 5.39. The van der Waals surface area contributed by atoms with Crippen LogP contribution in [0, 0.1) is 13.8 Å². The summed E-state index contributed by atoms with van der Waals surface area (Å²) >= 11 is 4.26. The molecule has 0 atom stereocenters. The van der Waals surface area contributed by atoms with E-state index in [0.29, 0.717) is 0 Å². The zero-order valence-electron chi connectivity index (χ0n) is 10.2. The van der Waals surface area contributed by atoms with Crippen LogP contribution in [-0.4, -0.2) is 16.0 Å². The fourth-order valence-corrected chi connectivity index (χ4v) is 2.95. The van der Waals surface area contributed by atoms with Crippen LogP contribution < -0.4 is 5.32 Å². The zero-order valence-corrected chi connectivity index (χ0v) is 13.2. The molecular formula is C12H21IN2S. The summed E-state index contributed by atoms with van der Waals surface area (Å²) in [6.45, 7) is 6.28. The highest BCUT2D eigenvalue weighted by Crippen LogP contribution is 2.15. The van der Waals surface area contributed by atoms with Gasteiger partial charge in [-0.3, -0.25) is 0 Å². The number of alkyl halides is 1. The Labute approximate surface area is 116 Å². The van der Waals surface area contributed by atoms with Gasteiger partial charge in [0.05, 0.1) is 5.69 Å². The van der Waals surface area contributed by atoms with Crippen molar-refractivity contribution in [2.24, 2.45) is 0 Å². The number of nitrogens with zero attached hydrogens (tertiary/aromatic N) is 1. The highest BCUT2D eigenvalue weighted by molar-refractivity contribution is 14.1. The molecule has 0 fully saturated rings. The molecule has 0 bridgehead atoms. The maximum absolute atomic E-state index is 4.51. The van der Waals surface area contributed by atoms with Crippen molar-refractivity contribution >= 4 is 33.9 Å². The number of unbranched alkanes of at least 4 members (excludes halogenated alkanes) is 3. The number of aromatic nitrogens is 1. The van der Waals surface area contributed by atoms with Crippen LogP contribution >= 0.6 is 33.9 Å². The third-order valence-corrected chi connectivity index (χ3v) is 4.42. The van der Waals surface area contributed by atoms with Gasteiger partial charge in [0.1, 0.15) is 5.01 Å². The summed E-state index contributed by atoms with van der Waals surface area (Å²) in [7, 11) is 0. The van der Waals surface area contributed by atoms with E-state index in [-0.39, 0.29) is 0 Å². The van der Waals surface area contributed by atoms with Gasteiger partial charge in [-0.2, -0.15) is 0 Å². The Morgan fingerprint density at radius 2 is 1.94 bits per heavy atom. The van der Waals surface area contributed by atoms with Gasteiger partial charge in [-0.15, -0.1) is 11.3 Å². The molecule has 0 aliphatic heterocycles. The van der Waals surface area contributed by atoms with Gasteiger partial charge in [0.15, 0.2) is 0 Å². The molecule has 1 N–H and O–H groups in total. The fraction of sp³-hybridized carbons (Fsp3) is 0.750. The van der Waals surface area contributed by atoms with Crippen molar-refractivity contribution in [3.8, 4) is 0 Å². The van der Waals surface area contributed by atoms with Crippen LogP contribution in [0.15, 0.2) is 0 Å². The average molecular weight is 352 g/mol. The Kier molecular flexibility index (Phi) is 7.56. The lowest BCUT2D eigenvalue weighted by Gasteiger charge is -2.01. The van der Waals surface area contributed by atoms with E-state index in [1.807, 2.05) is 11.3 Å². The molecule has 16 heavy (non-hydrogen) atoms. The maximum atomic E-state index is 4.51. The number of rotatable bonds is 8. The van der Waals surface area contributed by atoms with Crippen molar-refractivity contribution in [2.75, 3.05) is 11.0 Å². The molecule has 0 amide bonds. The molecule has 0 aromatic carbocycles. The van der Waals surface area contributed by atoms with Gasteiger partial charge >= 0.3 is 0 Å². The SMILES string of the molecule is Cc1nc(CNCCCCCCI)sc1C. The predicted octanol–water partition coefficient (Wildman–Crippen LogP) is 3.84. The van der Waals surface area contributed by atoms with Gasteiger partial charge in [0.2, 0.25) is 0 Å². The lowest BCUT2D eigenvalue weighted by atomic mass is 10.2. The van der Waals surface area contributed by atoms with E-state index in [2.05, 4.69) is 46.7 Å². The second kappa shape index (κ2) is 8.42. The Bertz CT molecular complexity index is 280. The molecule has 4 heteroatoms. The third kappa shape index (κ3) is 5.59. The van der Waals surface area contributed by atoms with Gasteiger partial charge in [-0.05, 0) is 37.7 Å². The molecule has 0 unspecified atom stereocenters. The van der Waals surface area contributed by atoms with E-state index in [9.17, 15) is 0 Å². The van der Waals surface area contributed by atoms with Crippen molar-refractivity contribution in [2.45, 2.75) is 46.1 Å². The molecule has 0 radical (unpaired) electrons. The average Bonchev–Trinajstić information content (AvgIpc) is 2.57. The minimum atomic E-state index is 0.936. The van der Waals surface area contributed by atoms with Crippen molar-refractivity contribution in [1.29, 1.82) is 0 Å².